The average molecular weight is 280 g/mol. The number of imide groups is 1. The van der Waals surface area contributed by atoms with E-state index in [1.165, 1.54) is 7.05 Å². The number of rotatable bonds is 2. The highest BCUT2D eigenvalue weighted by Gasteiger charge is 2.49. The lowest BCUT2D eigenvalue weighted by molar-refractivity contribution is -0.693. The smallest absolute Gasteiger partial charge is 0.274 e. The second-order valence-electron chi connectivity index (χ2n) is 4.76. The highest BCUT2D eigenvalue weighted by atomic mass is 16.2. The molecule has 2 amide bonds. The summed E-state index contributed by atoms with van der Waals surface area (Å²) in [5.41, 5.74) is 0.899. The van der Waals surface area contributed by atoms with E-state index in [1.54, 1.807) is 29.1 Å². The van der Waals surface area contributed by atoms with Crippen LogP contribution in [-0.4, -0.2) is 29.5 Å². The molecule has 0 aliphatic carbocycles. The van der Waals surface area contributed by atoms with Gasteiger partial charge in [-0.1, -0.05) is 24.3 Å². The Morgan fingerprint density at radius 2 is 1.62 bits per heavy atom. The van der Waals surface area contributed by atoms with Crippen LogP contribution in [0.5, 0.6) is 0 Å². The Kier molecular flexibility index (Phi) is 3.31. The first kappa shape index (κ1) is 13.2. The summed E-state index contributed by atoms with van der Waals surface area (Å²) in [6.07, 6.45) is 3.52. The number of para-hydroxylation sites is 1. The normalized spacial score (nSPS) is 20.3. The number of aliphatic imine (C=N–C) groups is 1. The van der Waals surface area contributed by atoms with E-state index in [9.17, 15) is 9.59 Å². The van der Waals surface area contributed by atoms with Gasteiger partial charge < -0.3 is 0 Å². The Hall–Kier alpha value is -2.82. The summed E-state index contributed by atoms with van der Waals surface area (Å²) >= 11 is 0. The summed E-state index contributed by atoms with van der Waals surface area (Å²) in [5, 5.41) is 0. The summed E-state index contributed by atoms with van der Waals surface area (Å²) in [6.45, 7) is 0. The third-order valence-electron chi connectivity index (χ3n) is 3.39. The largest absolute Gasteiger partial charge is 0.305 e. The molecule has 2 aromatic rings. The van der Waals surface area contributed by atoms with Crippen LogP contribution in [0.1, 0.15) is 6.04 Å². The Morgan fingerprint density at radius 1 is 1.00 bits per heavy atom. The SMILES string of the molecule is CN1C(=O)C(=Nc2ccccc2)C([n+]2ccccc2)C1=O. The minimum atomic E-state index is -0.705. The molecule has 1 atom stereocenters. The first-order valence-corrected chi connectivity index (χ1v) is 6.60. The van der Waals surface area contributed by atoms with Crippen LogP contribution >= 0.6 is 0 Å². The molecule has 0 spiro atoms. The van der Waals surface area contributed by atoms with Crippen molar-refractivity contribution in [3.8, 4) is 0 Å². The number of carbonyl (C=O) groups is 2. The number of carbonyl (C=O) groups excluding carboxylic acids is 2. The predicted molar refractivity (Wildman–Crippen MR) is 77.0 cm³/mol. The van der Waals surface area contributed by atoms with Crippen LogP contribution in [0.2, 0.25) is 0 Å². The summed E-state index contributed by atoms with van der Waals surface area (Å²) in [4.78, 5) is 30.1. The maximum absolute atomic E-state index is 12.3. The maximum atomic E-state index is 12.3. The van der Waals surface area contributed by atoms with Crippen molar-refractivity contribution < 1.29 is 14.2 Å². The molecule has 1 aromatic heterocycles. The maximum Gasteiger partial charge on any atom is 0.305 e. The van der Waals surface area contributed by atoms with E-state index < -0.39 is 6.04 Å². The number of hydrogen-bond acceptors (Lipinski definition) is 3. The van der Waals surface area contributed by atoms with Gasteiger partial charge in [0, 0.05) is 19.2 Å². The van der Waals surface area contributed by atoms with Crippen molar-refractivity contribution in [3.63, 3.8) is 0 Å². The van der Waals surface area contributed by atoms with Gasteiger partial charge in [-0.25, -0.2) is 4.99 Å². The molecule has 1 aliphatic heterocycles. The van der Waals surface area contributed by atoms with E-state index in [2.05, 4.69) is 4.99 Å². The lowest BCUT2D eigenvalue weighted by atomic mass is 10.2. The molecule has 2 heterocycles. The lowest BCUT2D eigenvalue weighted by Gasteiger charge is -2.03. The zero-order valence-corrected chi connectivity index (χ0v) is 11.5. The Morgan fingerprint density at radius 3 is 2.29 bits per heavy atom. The highest BCUT2D eigenvalue weighted by Crippen LogP contribution is 2.20. The molecule has 5 nitrogen and oxygen atoms in total. The van der Waals surface area contributed by atoms with Crippen molar-refractivity contribution in [2.24, 2.45) is 4.99 Å². The minimum Gasteiger partial charge on any atom is -0.274 e. The first-order chi connectivity index (χ1) is 10.2. The number of benzene rings is 1. The topological polar surface area (TPSA) is 53.6 Å². The first-order valence-electron chi connectivity index (χ1n) is 6.60. The van der Waals surface area contributed by atoms with E-state index in [0.717, 1.165) is 4.90 Å². The van der Waals surface area contributed by atoms with Crippen LogP contribution in [0, 0.1) is 0 Å². The number of aromatic nitrogens is 1. The van der Waals surface area contributed by atoms with Gasteiger partial charge in [0.1, 0.15) is 0 Å². The fourth-order valence-electron chi connectivity index (χ4n) is 2.29. The Balaban J connectivity index is 2.09. The summed E-state index contributed by atoms with van der Waals surface area (Å²) in [5.74, 6) is -0.629. The molecule has 1 unspecified atom stereocenters. The van der Waals surface area contributed by atoms with Crippen LogP contribution in [0.15, 0.2) is 65.9 Å². The molecule has 0 saturated carbocycles. The lowest BCUT2D eigenvalue weighted by Crippen LogP contribution is -2.45. The number of hydrogen-bond donors (Lipinski definition) is 0. The molecule has 3 rings (SSSR count). The summed E-state index contributed by atoms with van der Waals surface area (Å²) in [7, 11) is 1.48. The van der Waals surface area contributed by atoms with Gasteiger partial charge in [-0.05, 0) is 12.1 Å². The van der Waals surface area contributed by atoms with Gasteiger partial charge in [0.2, 0.25) is 0 Å². The molecule has 1 aromatic carbocycles. The van der Waals surface area contributed by atoms with E-state index >= 15 is 0 Å². The van der Waals surface area contributed by atoms with E-state index in [4.69, 9.17) is 0 Å². The van der Waals surface area contributed by atoms with Gasteiger partial charge in [0.15, 0.2) is 18.1 Å². The average Bonchev–Trinajstić information content (AvgIpc) is 2.74. The van der Waals surface area contributed by atoms with Crippen LogP contribution in [0.25, 0.3) is 0 Å². The number of likely N-dealkylation sites (N-methyl/N-ethyl adjacent to an activating group) is 1. The van der Waals surface area contributed by atoms with Crippen molar-refractivity contribution in [3.05, 3.63) is 60.9 Å². The Labute approximate surface area is 122 Å². The van der Waals surface area contributed by atoms with E-state index in [-0.39, 0.29) is 17.5 Å². The molecule has 0 N–H and O–H groups in total. The van der Waals surface area contributed by atoms with Crippen LogP contribution in [0.4, 0.5) is 5.69 Å². The third-order valence-corrected chi connectivity index (χ3v) is 3.39. The second-order valence-corrected chi connectivity index (χ2v) is 4.76. The van der Waals surface area contributed by atoms with Gasteiger partial charge in [0.25, 0.3) is 11.9 Å². The summed E-state index contributed by atoms with van der Waals surface area (Å²) < 4.78 is 1.70. The summed E-state index contributed by atoms with van der Waals surface area (Å²) in [6, 6.07) is 13.9. The van der Waals surface area contributed by atoms with E-state index in [0.29, 0.717) is 5.69 Å². The fourth-order valence-corrected chi connectivity index (χ4v) is 2.29. The van der Waals surface area contributed by atoms with Gasteiger partial charge in [0.05, 0.1) is 5.69 Å². The Bertz CT molecular complexity index is 711. The molecular weight excluding hydrogens is 266 g/mol. The third kappa shape index (κ3) is 2.33. The number of nitrogens with zero attached hydrogens (tertiary/aromatic N) is 3. The van der Waals surface area contributed by atoms with Crippen molar-refractivity contribution in [2.45, 2.75) is 6.04 Å². The van der Waals surface area contributed by atoms with E-state index in [1.807, 2.05) is 36.4 Å². The highest BCUT2D eigenvalue weighted by molar-refractivity contribution is 6.50. The van der Waals surface area contributed by atoms with Crippen LogP contribution < -0.4 is 4.57 Å². The molecule has 104 valence electrons. The van der Waals surface area contributed by atoms with Crippen LogP contribution in [0.3, 0.4) is 0 Å². The van der Waals surface area contributed by atoms with Gasteiger partial charge in [-0.2, -0.15) is 4.57 Å². The van der Waals surface area contributed by atoms with Crippen molar-refractivity contribution in [1.82, 2.24) is 4.90 Å². The molecule has 0 bridgehead atoms. The van der Waals surface area contributed by atoms with Gasteiger partial charge >= 0.3 is 5.91 Å². The van der Waals surface area contributed by atoms with Crippen molar-refractivity contribution in [1.29, 1.82) is 0 Å². The molecule has 1 saturated heterocycles. The molecule has 1 aliphatic rings. The number of pyridine rings is 1. The standard InChI is InChI=1S/C16H14N3O2/c1-18-15(20)13(17-12-8-4-2-5-9-12)14(16(18)21)19-10-6-3-7-11-19/h2-11,14H,1H3/q+1. The number of likely N-dealkylation sites (tertiary alicyclic amines) is 1. The van der Waals surface area contributed by atoms with Crippen molar-refractivity contribution >= 4 is 23.2 Å². The van der Waals surface area contributed by atoms with Gasteiger partial charge in [-0.3, -0.25) is 14.5 Å². The zero-order chi connectivity index (χ0) is 14.8. The van der Waals surface area contributed by atoms with Crippen molar-refractivity contribution in [2.75, 3.05) is 7.05 Å². The molecule has 1 fully saturated rings. The second kappa shape index (κ2) is 5.28. The predicted octanol–water partition coefficient (Wildman–Crippen LogP) is 1.29. The van der Waals surface area contributed by atoms with Gasteiger partial charge in [-0.15, -0.1) is 0 Å². The number of amides is 2. The monoisotopic (exact) mass is 280 g/mol. The molecule has 5 heteroatoms. The van der Waals surface area contributed by atoms with Crippen LogP contribution in [-0.2, 0) is 9.59 Å². The molecule has 21 heavy (non-hydrogen) atoms. The fraction of sp³-hybridized carbons (Fsp3) is 0.125. The minimum absolute atomic E-state index is 0.241. The quantitative estimate of drug-likeness (QED) is 0.615. The molecule has 0 radical (unpaired) electrons. The zero-order valence-electron chi connectivity index (χ0n) is 11.5. The molecular formula is C16H14N3O2+.